The van der Waals surface area contributed by atoms with E-state index in [2.05, 4.69) is 89.2 Å². The van der Waals surface area contributed by atoms with Gasteiger partial charge in [0.15, 0.2) is 0 Å². The topological polar surface area (TPSA) is 83.1 Å². The number of thiophene rings is 1. The Morgan fingerprint density at radius 3 is 2.45 bits per heavy atom. The van der Waals surface area contributed by atoms with Crippen molar-refractivity contribution in [2.45, 2.75) is 33.1 Å². The molecule has 6 nitrogen and oxygen atoms in total. The van der Waals surface area contributed by atoms with Gasteiger partial charge in [-0.1, -0.05) is 51.1 Å². The number of aryl methyl sites for hydroxylation is 1. The molecule has 0 spiro atoms. The van der Waals surface area contributed by atoms with E-state index in [1.165, 1.54) is 31.3 Å². The molecule has 0 bridgehead atoms. The predicted octanol–water partition coefficient (Wildman–Crippen LogP) is 8.26. The van der Waals surface area contributed by atoms with Gasteiger partial charge in [-0.25, -0.2) is 19.9 Å². The molecule has 8 aromatic rings. The molecule has 0 saturated carbocycles. The summed E-state index contributed by atoms with van der Waals surface area (Å²) in [6, 6.07) is 17.8. The Balaban J connectivity index is 1.35. The summed E-state index contributed by atoms with van der Waals surface area (Å²) in [6.45, 7) is 6.45. The number of nitrogens with one attached hydrogen (secondary N) is 2. The third kappa shape index (κ3) is 2.99. The predicted molar refractivity (Wildman–Crippen MR) is 158 cm³/mol. The molecule has 4 aromatic heterocycles. The first-order valence-electron chi connectivity index (χ1n) is 13.0. The van der Waals surface area contributed by atoms with Crippen molar-refractivity contribution in [3.8, 4) is 11.1 Å². The molecule has 0 fully saturated rings. The van der Waals surface area contributed by atoms with Crippen molar-refractivity contribution in [2.75, 3.05) is 0 Å². The fourth-order valence-electron chi connectivity index (χ4n) is 5.61. The lowest BCUT2D eigenvalue weighted by molar-refractivity contribution is 0.799. The lowest BCUT2D eigenvalue weighted by Gasteiger charge is -2.08. The summed E-state index contributed by atoms with van der Waals surface area (Å²) in [5.41, 5.74) is 7.40. The van der Waals surface area contributed by atoms with Gasteiger partial charge < -0.3 is 9.97 Å². The highest BCUT2D eigenvalue weighted by Crippen LogP contribution is 2.41. The van der Waals surface area contributed by atoms with Crippen molar-refractivity contribution in [3.63, 3.8) is 0 Å². The number of H-pyrrole nitrogens is 2. The zero-order chi connectivity index (χ0) is 25.5. The Hall–Kier alpha value is -4.36. The number of benzene rings is 4. The summed E-state index contributed by atoms with van der Waals surface area (Å²) < 4.78 is 2.51. The van der Waals surface area contributed by atoms with Crippen molar-refractivity contribution in [1.29, 1.82) is 0 Å². The Labute approximate surface area is 221 Å². The molecule has 38 heavy (non-hydrogen) atoms. The van der Waals surface area contributed by atoms with Crippen molar-refractivity contribution in [3.05, 3.63) is 72.7 Å². The fourth-order valence-corrected chi connectivity index (χ4v) is 6.85. The number of aromatic amines is 2. The average Bonchev–Trinajstić information content (AvgIpc) is 3.67. The van der Waals surface area contributed by atoms with Gasteiger partial charge in [-0.2, -0.15) is 0 Å². The second-order valence-electron chi connectivity index (χ2n) is 10.2. The monoisotopic (exact) mass is 512 g/mol. The van der Waals surface area contributed by atoms with Crippen LogP contribution in [-0.4, -0.2) is 29.9 Å². The molecule has 0 aliphatic carbocycles. The second kappa shape index (κ2) is 7.82. The van der Waals surface area contributed by atoms with Gasteiger partial charge >= 0.3 is 0 Å². The number of hydrogen-bond donors (Lipinski definition) is 2. The minimum atomic E-state index is 0.365. The molecule has 0 unspecified atom stereocenters. The first-order valence-corrected chi connectivity index (χ1v) is 13.8. The van der Waals surface area contributed by atoms with E-state index < -0.39 is 0 Å². The zero-order valence-electron chi connectivity index (χ0n) is 21.3. The van der Waals surface area contributed by atoms with Crippen LogP contribution in [0.15, 0.2) is 61.1 Å². The lowest BCUT2D eigenvalue weighted by Crippen LogP contribution is -1.88. The molecule has 0 radical (unpaired) electrons. The standard InChI is InChI=1S/C31H24N6S/c1-4-25-35-27-19-8-6-16(11-21(19)22-13-32-14-33-26(22)29(27)36-25)17-5-7-18-20-9-10-23-28(30(20)38-24(18)12-17)37-31(34-23)15(2)3/h5-15H,4H2,1-3H3,(H,34,37)(H,35,36). The quantitative estimate of drug-likeness (QED) is 0.233. The SMILES string of the molecule is CCc1nc2c3ccc(-c4ccc5c(c4)sc4c5ccc5[nH]c(C(C)C)nc54)cc3c3cncnc3c2[nH]1. The minimum Gasteiger partial charge on any atom is -0.342 e. The minimum absolute atomic E-state index is 0.365. The van der Waals surface area contributed by atoms with Crippen molar-refractivity contribution >= 4 is 75.3 Å². The van der Waals surface area contributed by atoms with Gasteiger partial charge in [-0.05, 0) is 34.7 Å². The maximum Gasteiger partial charge on any atom is 0.116 e. The summed E-state index contributed by atoms with van der Waals surface area (Å²) in [5.74, 6) is 2.37. The van der Waals surface area contributed by atoms with E-state index in [0.29, 0.717) is 5.92 Å². The van der Waals surface area contributed by atoms with E-state index in [1.807, 2.05) is 17.5 Å². The molecule has 0 atom stereocenters. The number of nitrogens with zero attached hydrogens (tertiary/aromatic N) is 4. The Morgan fingerprint density at radius 2 is 1.61 bits per heavy atom. The van der Waals surface area contributed by atoms with Crippen LogP contribution >= 0.6 is 11.3 Å². The summed E-state index contributed by atoms with van der Waals surface area (Å²) in [4.78, 5) is 25.8. The normalized spacial score (nSPS) is 12.4. The van der Waals surface area contributed by atoms with Crippen LogP contribution in [0.25, 0.3) is 75.0 Å². The largest absolute Gasteiger partial charge is 0.342 e. The van der Waals surface area contributed by atoms with E-state index in [4.69, 9.17) is 9.97 Å². The maximum atomic E-state index is 4.95. The van der Waals surface area contributed by atoms with Gasteiger partial charge in [0.1, 0.15) is 23.5 Å². The van der Waals surface area contributed by atoms with Crippen LogP contribution in [0.4, 0.5) is 0 Å². The van der Waals surface area contributed by atoms with E-state index in [-0.39, 0.29) is 0 Å². The van der Waals surface area contributed by atoms with Crippen LogP contribution < -0.4 is 0 Å². The molecule has 8 rings (SSSR count). The van der Waals surface area contributed by atoms with Crippen LogP contribution in [0.1, 0.15) is 38.3 Å². The zero-order valence-corrected chi connectivity index (χ0v) is 22.1. The summed E-state index contributed by atoms with van der Waals surface area (Å²) in [5, 5.41) is 5.81. The van der Waals surface area contributed by atoms with Crippen LogP contribution in [0, 0.1) is 0 Å². The Bertz CT molecular complexity index is 2220. The highest BCUT2D eigenvalue weighted by molar-refractivity contribution is 7.26. The number of hydrogen-bond acceptors (Lipinski definition) is 5. The smallest absolute Gasteiger partial charge is 0.116 e. The van der Waals surface area contributed by atoms with Gasteiger partial charge in [0.25, 0.3) is 0 Å². The molecule has 0 aliphatic rings. The second-order valence-corrected chi connectivity index (χ2v) is 11.3. The fraction of sp³-hybridized carbons (Fsp3) is 0.161. The first-order chi connectivity index (χ1) is 18.6. The Kier molecular flexibility index (Phi) is 4.47. The van der Waals surface area contributed by atoms with Crippen molar-refractivity contribution < 1.29 is 0 Å². The molecule has 0 aliphatic heterocycles. The molecular formula is C31H24N6S. The van der Waals surface area contributed by atoms with Crippen molar-refractivity contribution in [1.82, 2.24) is 29.9 Å². The number of aromatic nitrogens is 6. The van der Waals surface area contributed by atoms with Gasteiger partial charge in [0.05, 0.1) is 26.8 Å². The maximum absolute atomic E-state index is 4.95. The number of imidazole rings is 2. The third-order valence-electron chi connectivity index (χ3n) is 7.59. The van der Waals surface area contributed by atoms with Crippen LogP contribution in [0.3, 0.4) is 0 Å². The van der Waals surface area contributed by atoms with Gasteiger partial charge in [-0.15, -0.1) is 11.3 Å². The van der Waals surface area contributed by atoms with Crippen LogP contribution in [0.2, 0.25) is 0 Å². The first kappa shape index (κ1) is 21.7. The third-order valence-corrected chi connectivity index (χ3v) is 8.77. The highest BCUT2D eigenvalue weighted by Gasteiger charge is 2.16. The van der Waals surface area contributed by atoms with E-state index >= 15 is 0 Å². The molecular weight excluding hydrogens is 488 g/mol. The van der Waals surface area contributed by atoms with Crippen LogP contribution in [0.5, 0.6) is 0 Å². The van der Waals surface area contributed by atoms with Gasteiger partial charge in [0, 0.05) is 44.8 Å². The summed E-state index contributed by atoms with van der Waals surface area (Å²) in [6.07, 6.45) is 4.37. The van der Waals surface area contributed by atoms with Crippen molar-refractivity contribution in [2.24, 2.45) is 0 Å². The van der Waals surface area contributed by atoms with Gasteiger partial charge in [0.2, 0.25) is 0 Å². The molecule has 4 heterocycles. The Morgan fingerprint density at radius 1 is 0.789 bits per heavy atom. The lowest BCUT2D eigenvalue weighted by atomic mass is 9.97. The molecule has 0 saturated heterocycles. The highest BCUT2D eigenvalue weighted by atomic mass is 32.1. The molecule has 2 N–H and O–H groups in total. The average molecular weight is 513 g/mol. The summed E-state index contributed by atoms with van der Waals surface area (Å²) in [7, 11) is 0. The van der Waals surface area contributed by atoms with E-state index in [1.54, 1.807) is 6.33 Å². The van der Waals surface area contributed by atoms with Gasteiger partial charge in [-0.3, -0.25) is 0 Å². The molecule has 7 heteroatoms. The van der Waals surface area contributed by atoms with Crippen LogP contribution in [-0.2, 0) is 6.42 Å². The molecule has 4 aromatic carbocycles. The number of fused-ring (bicyclic) bond motifs is 11. The summed E-state index contributed by atoms with van der Waals surface area (Å²) >= 11 is 1.82. The van der Waals surface area contributed by atoms with E-state index in [9.17, 15) is 0 Å². The molecule has 184 valence electrons. The number of rotatable bonds is 3. The molecule has 0 amide bonds. The van der Waals surface area contributed by atoms with E-state index in [0.717, 1.165) is 61.8 Å².